The molecule has 0 aliphatic carbocycles. The summed E-state index contributed by atoms with van der Waals surface area (Å²) < 4.78 is 1.20. The molecule has 0 aromatic carbocycles. The molecule has 2 nitrogen and oxygen atoms in total. The molecular formula is C34H59N2S2+. The number of nitrogens with zero attached hydrogens (tertiary/aromatic N) is 2. The van der Waals surface area contributed by atoms with E-state index in [9.17, 15) is 0 Å². The Labute approximate surface area is 245 Å². The molecule has 6 unspecified atom stereocenters. The topological polar surface area (TPSA) is 3.24 Å². The maximum Gasteiger partial charge on any atom is 0.134 e. The van der Waals surface area contributed by atoms with Crippen molar-refractivity contribution in [2.75, 3.05) is 18.2 Å². The van der Waals surface area contributed by atoms with E-state index >= 15 is 0 Å². The number of quaternary nitrogens is 1. The quantitative estimate of drug-likeness (QED) is 0.154. The summed E-state index contributed by atoms with van der Waals surface area (Å²) in [4.78, 5) is 2.68. The molecular weight excluding hydrogens is 501 g/mol. The Balaban J connectivity index is 1.86. The minimum absolute atomic E-state index is 0.624. The number of hydrogen-bond donors (Lipinski definition) is 0. The molecule has 6 atom stereocenters. The van der Waals surface area contributed by atoms with Crippen molar-refractivity contribution in [3.63, 3.8) is 0 Å². The Bertz CT molecular complexity index is 843. The van der Waals surface area contributed by atoms with Gasteiger partial charge in [-0.05, 0) is 51.7 Å². The van der Waals surface area contributed by atoms with Crippen molar-refractivity contribution in [1.29, 1.82) is 0 Å². The molecule has 3 rings (SSSR count). The summed E-state index contributed by atoms with van der Waals surface area (Å²) in [5, 5.41) is 3.96. The van der Waals surface area contributed by atoms with Crippen LogP contribution in [0.1, 0.15) is 119 Å². The van der Waals surface area contributed by atoms with Gasteiger partial charge in [-0.3, -0.25) is 4.48 Å². The Morgan fingerprint density at radius 3 is 2.32 bits per heavy atom. The first-order valence-corrected chi connectivity index (χ1v) is 18.1. The number of hydrogen-bond acceptors (Lipinski definition) is 3. The largest absolute Gasteiger partial charge is 0.363 e. The van der Waals surface area contributed by atoms with Crippen LogP contribution in [-0.2, 0) is 0 Å². The molecule has 0 saturated carbocycles. The van der Waals surface area contributed by atoms with Gasteiger partial charge in [0.15, 0.2) is 0 Å². The predicted molar refractivity (Wildman–Crippen MR) is 174 cm³/mol. The summed E-state index contributed by atoms with van der Waals surface area (Å²) >= 11 is 4.12. The lowest BCUT2D eigenvalue weighted by molar-refractivity contribution is -0.928. The maximum absolute atomic E-state index is 2.74. The van der Waals surface area contributed by atoms with Crippen molar-refractivity contribution in [1.82, 2.24) is 4.90 Å². The lowest BCUT2D eigenvalue weighted by Crippen LogP contribution is -2.59. The first-order chi connectivity index (χ1) is 18.4. The van der Waals surface area contributed by atoms with Crippen molar-refractivity contribution in [2.45, 2.75) is 137 Å². The van der Waals surface area contributed by atoms with Crippen LogP contribution in [0.3, 0.4) is 0 Å². The van der Waals surface area contributed by atoms with Gasteiger partial charge in [0.2, 0.25) is 0 Å². The second kappa shape index (κ2) is 16.0. The van der Waals surface area contributed by atoms with Crippen LogP contribution >= 0.6 is 23.5 Å². The van der Waals surface area contributed by atoms with Gasteiger partial charge in [-0.25, -0.2) is 0 Å². The first kappa shape index (κ1) is 31.9. The Morgan fingerprint density at radius 1 is 0.921 bits per heavy atom. The summed E-state index contributed by atoms with van der Waals surface area (Å²) in [5.74, 6) is 3.73. The molecule has 0 bridgehead atoms. The standard InChI is InChI=1S/C34H59N2S2/c1-8-11-14-15-16-22-35-27(4)24-38-34(35)21-17-19-32-23-31(18-12-9-2)29(6)36(26-37-25-28(36)5)30(7)33(32)20-13-10-3/h17,19,21,23,25,27,29-31,33H,8-16,18,20,22,24,26H2,1-7H3/q+1. The van der Waals surface area contributed by atoms with E-state index in [0.717, 1.165) is 0 Å². The van der Waals surface area contributed by atoms with Crippen LogP contribution in [0.15, 0.2) is 46.0 Å². The van der Waals surface area contributed by atoms with E-state index in [1.807, 2.05) is 0 Å². The van der Waals surface area contributed by atoms with E-state index in [0.29, 0.717) is 30.0 Å². The van der Waals surface area contributed by atoms with Gasteiger partial charge < -0.3 is 4.90 Å². The van der Waals surface area contributed by atoms with Gasteiger partial charge in [0.05, 0.1) is 17.1 Å². The highest BCUT2D eigenvalue weighted by Gasteiger charge is 2.51. The Morgan fingerprint density at radius 2 is 1.63 bits per heavy atom. The molecule has 1 spiro atoms. The van der Waals surface area contributed by atoms with E-state index in [1.54, 1.807) is 11.3 Å². The van der Waals surface area contributed by atoms with Gasteiger partial charge >= 0.3 is 0 Å². The number of allylic oxidation sites excluding steroid dienone is 4. The van der Waals surface area contributed by atoms with Crippen LogP contribution in [0.25, 0.3) is 0 Å². The molecule has 1 fully saturated rings. The minimum atomic E-state index is 0.624. The zero-order chi connectivity index (χ0) is 27.5. The normalized spacial score (nSPS) is 33.0. The molecule has 0 radical (unpaired) electrons. The third kappa shape index (κ3) is 7.58. The molecule has 0 N–H and O–H groups in total. The van der Waals surface area contributed by atoms with Crippen molar-refractivity contribution in [2.24, 2.45) is 11.8 Å². The smallest absolute Gasteiger partial charge is 0.134 e. The van der Waals surface area contributed by atoms with Crippen LogP contribution in [0.5, 0.6) is 0 Å². The van der Waals surface area contributed by atoms with Gasteiger partial charge in [-0.2, -0.15) is 0 Å². The zero-order valence-corrected chi connectivity index (χ0v) is 27.5. The Hall–Kier alpha value is -0.580. The highest BCUT2D eigenvalue weighted by Crippen LogP contribution is 2.48. The SMILES string of the molecule is CCCCCCCN1C(=CC=CC2=CC(CCCC)C(C)[N+]3(CSC=C3C)C(C)C2CCCC)SCC1C. The van der Waals surface area contributed by atoms with E-state index in [1.165, 1.54) is 98.3 Å². The van der Waals surface area contributed by atoms with Gasteiger partial charge in [-0.15, -0.1) is 11.8 Å². The second-order valence-corrected chi connectivity index (χ2v) is 14.2. The zero-order valence-electron chi connectivity index (χ0n) is 25.9. The van der Waals surface area contributed by atoms with Crippen LogP contribution in [-0.4, -0.2) is 45.7 Å². The maximum atomic E-state index is 2.74. The van der Waals surface area contributed by atoms with Crippen LogP contribution < -0.4 is 0 Å². The van der Waals surface area contributed by atoms with Crippen LogP contribution in [0, 0.1) is 11.8 Å². The number of thioether (sulfide) groups is 2. The molecule has 4 heteroatoms. The highest BCUT2D eigenvalue weighted by molar-refractivity contribution is 8.03. The number of rotatable bonds is 14. The summed E-state index contributed by atoms with van der Waals surface area (Å²) in [6, 6.07) is 1.93. The number of unbranched alkanes of at least 4 members (excludes halogenated alkanes) is 6. The van der Waals surface area contributed by atoms with E-state index in [2.05, 4.69) is 107 Å². The van der Waals surface area contributed by atoms with Gasteiger partial charge in [0.25, 0.3) is 0 Å². The van der Waals surface area contributed by atoms with Crippen molar-refractivity contribution in [3.8, 4) is 0 Å². The van der Waals surface area contributed by atoms with Crippen LogP contribution in [0.4, 0.5) is 0 Å². The fourth-order valence-corrected chi connectivity index (χ4v) is 9.79. The third-order valence-corrected chi connectivity index (χ3v) is 12.2. The van der Waals surface area contributed by atoms with Gasteiger partial charge in [-0.1, -0.05) is 102 Å². The summed E-state index contributed by atoms with van der Waals surface area (Å²) in [6.45, 7) is 18.2. The average molecular weight is 560 g/mol. The fourth-order valence-electron chi connectivity index (χ4n) is 7.15. The van der Waals surface area contributed by atoms with E-state index < -0.39 is 0 Å². The molecule has 38 heavy (non-hydrogen) atoms. The Kier molecular flexibility index (Phi) is 13.5. The summed E-state index contributed by atoms with van der Waals surface area (Å²) in [7, 11) is 0. The molecule has 3 heterocycles. The monoisotopic (exact) mass is 559 g/mol. The highest BCUT2D eigenvalue weighted by atomic mass is 32.2. The first-order valence-electron chi connectivity index (χ1n) is 16.1. The second-order valence-electron chi connectivity index (χ2n) is 12.3. The third-order valence-electron chi connectivity index (χ3n) is 9.77. The molecule has 0 amide bonds. The van der Waals surface area contributed by atoms with Gasteiger partial charge in [0, 0.05) is 42.5 Å². The molecule has 3 aliphatic rings. The van der Waals surface area contributed by atoms with Crippen molar-refractivity contribution >= 4 is 23.5 Å². The minimum Gasteiger partial charge on any atom is -0.363 e. The lowest BCUT2D eigenvalue weighted by atomic mass is 9.85. The molecule has 3 aliphatic heterocycles. The molecule has 1 saturated heterocycles. The lowest BCUT2D eigenvalue weighted by Gasteiger charge is -2.48. The molecule has 216 valence electrons. The average Bonchev–Trinajstić information content (AvgIpc) is 3.45. The predicted octanol–water partition coefficient (Wildman–Crippen LogP) is 10.5. The van der Waals surface area contributed by atoms with Crippen LogP contribution in [0.2, 0.25) is 0 Å². The van der Waals surface area contributed by atoms with Crippen molar-refractivity contribution in [3.05, 3.63) is 46.0 Å². The summed E-state index contributed by atoms with van der Waals surface area (Å²) in [5.41, 5.74) is 3.22. The van der Waals surface area contributed by atoms with Gasteiger partial charge in [0.1, 0.15) is 11.6 Å². The van der Waals surface area contributed by atoms with Crippen molar-refractivity contribution < 1.29 is 4.48 Å². The molecule has 0 aromatic rings. The van der Waals surface area contributed by atoms with E-state index in [4.69, 9.17) is 0 Å². The fraction of sp³-hybridized carbons (Fsp3) is 0.765. The molecule has 0 aromatic heterocycles. The summed E-state index contributed by atoms with van der Waals surface area (Å²) in [6.07, 6.45) is 24.8. The van der Waals surface area contributed by atoms with E-state index in [-0.39, 0.29) is 0 Å².